The molecule has 0 fully saturated rings. The number of aromatic amines is 1. The van der Waals surface area contributed by atoms with Crippen molar-refractivity contribution < 1.29 is 22.4 Å². The summed E-state index contributed by atoms with van der Waals surface area (Å²) < 4.78 is 51.8. The lowest BCUT2D eigenvalue weighted by Gasteiger charge is -2.05. The second-order valence-electron chi connectivity index (χ2n) is 4.59. The molecule has 0 radical (unpaired) electrons. The van der Waals surface area contributed by atoms with E-state index in [1.165, 1.54) is 12.1 Å². The molecule has 0 spiro atoms. The molecule has 21 heavy (non-hydrogen) atoms. The van der Waals surface area contributed by atoms with Gasteiger partial charge in [-0.05, 0) is 24.3 Å². The summed E-state index contributed by atoms with van der Waals surface area (Å²) in [5.41, 5.74) is 4.18. The molecule has 1 aromatic heterocycles. The third-order valence-corrected chi connectivity index (χ3v) is 3.30. The van der Waals surface area contributed by atoms with Crippen LogP contribution in [0.1, 0.15) is 15.9 Å². The van der Waals surface area contributed by atoms with Gasteiger partial charge in [-0.15, -0.1) is 0 Å². The first kappa shape index (κ1) is 13.4. The number of hydrogen-bond donors (Lipinski definition) is 2. The summed E-state index contributed by atoms with van der Waals surface area (Å²) in [6, 6.07) is 5.58. The van der Waals surface area contributed by atoms with Crippen LogP contribution in [0.4, 0.5) is 17.6 Å². The number of aromatic nitrogens is 1. The number of carbonyl (C=O) groups excluding carboxylic acids is 1. The molecule has 0 saturated carbocycles. The fourth-order valence-electron chi connectivity index (χ4n) is 2.37. The molecule has 3 N–H and O–H groups in total. The Kier molecular flexibility index (Phi) is 2.69. The molecule has 3 rings (SSSR count). The van der Waals surface area contributed by atoms with Crippen molar-refractivity contribution in [3.63, 3.8) is 0 Å². The van der Waals surface area contributed by atoms with Crippen molar-refractivity contribution in [2.45, 2.75) is 6.18 Å². The van der Waals surface area contributed by atoms with Crippen LogP contribution >= 0.6 is 0 Å². The number of H-pyrrole nitrogens is 1. The first-order valence-electron chi connectivity index (χ1n) is 5.90. The highest BCUT2D eigenvalue weighted by atomic mass is 19.4. The highest BCUT2D eigenvalue weighted by Gasteiger charge is 2.31. The lowest BCUT2D eigenvalue weighted by atomic mass is 10.1. The smallest absolute Gasteiger partial charge is 0.365 e. The van der Waals surface area contributed by atoms with Gasteiger partial charge in [0.15, 0.2) is 0 Å². The van der Waals surface area contributed by atoms with Crippen molar-refractivity contribution in [1.82, 2.24) is 4.98 Å². The van der Waals surface area contributed by atoms with Crippen molar-refractivity contribution in [2.75, 3.05) is 0 Å². The van der Waals surface area contributed by atoms with E-state index in [1.54, 1.807) is 0 Å². The largest absolute Gasteiger partial charge is 0.416 e. The van der Waals surface area contributed by atoms with Crippen LogP contribution in [-0.4, -0.2) is 10.9 Å². The summed E-state index contributed by atoms with van der Waals surface area (Å²) in [5.74, 6) is -1.81. The molecule has 0 aliphatic heterocycles. The average molecular weight is 296 g/mol. The van der Waals surface area contributed by atoms with Gasteiger partial charge in [0.25, 0.3) is 5.91 Å². The Morgan fingerprint density at radius 3 is 2.38 bits per heavy atom. The molecule has 0 atom stereocenters. The Bertz CT molecular complexity index is 880. The number of nitrogens with two attached hydrogens (primary N) is 1. The minimum Gasteiger partial charge on any atom is -0.365 e. The summed E-state index contributed by atoms with van der Waals surface area (Å²) in [4.78, 5) is 14.0. The number of halogens is 4. The Morgan fingerprint density at radius 1 is 1.10 bits per heavy atom. The number of nitrogens with one attached hydrogen (secondary N) is 1. The van der Waals surface area contributed by atoms with E-state index < -0.39 is 23.5 Å². The van der Waals surface area contributed by atoms with Crippen molar-refractivity contribution in [3.05, 3.63) is 47.3 Å². The van der Waals surface area contributed by atoms with Gasteiger partial charge in [0, 0.05) is 16.3 Å². The number of primary amides is 1. The highest BCUT2D eigenvalue weighted by molar-refractivity contribution is 6.14. The second kappa shape index (κ2) is 4.21. The fraction of sp³-hybridized carbons (Fsp3) is 0.0714. The summed E-state index contributed by atoms with van der Waals surface area (Å²) in [6.45, 7) is 0. The van der Waals surface area contributed by atoms with Gasteiger partial charge in [-0.3, -0.25) is 4.79 Å². The number of rotatable bonds is 1. The maximum Gasteiger partial charge on any atom is 0.416 e. The highest BCUT2D eigenvalue weighted by Crippen LogP contribution is 2.34. The summed E-state index contributed by atoms with van der Waals surface area (Å²) in [7, 11) is 0. The van der Waals surface area contributed by atoms with E-state index in [1.807, 2.05) is 0 Å². The standard InChI is InChI=1S/C14H8F4N2O/c15-9-4-3-8-7-2-1-6(14(16,17)18)5-10(7)20-12(8)11(9)13(19)21/h1-5,20H,(H2,19,21). The zero-order chi connectivity index (χ0) is 15.4. The molecule has 1 amide bonds. The number of carbonyl (C=O) groups is 1. The topological polar surface area (TPSA) is 58.9 Å². The van der Waals surface area contributed by atoms with Gasteiger partial charge >= 0.3 is 6.18 Å². The maximum atomic E-state index is 13.7. The number of amides is 1. The molecule has 3 aromatic rings. The van der Waals surface area contributed by atoms with E-state index >= 15 is 0 Å². The van der Waals surface area contributed by atoms with Crippen molar-refractivity contribution in [2.24, 2.45) is 5.73 Å². The molecule has 2 aromatic carbocycles. The lowest BCUT2D eigenvalue weighted by molar-refractivity contribution is -0.137. The predicted octanol–water partition coefficient (Wildman–Crippen LogP) is 3.58. The first-order valence-corrected chi connectivity index (χ1v) is 5.90. The quantitative estimate of drug-likeness (QED) is 0.662. The minimum atomic E-state index is -4.48. The van der Waals surface area contributed by atoms with Crippen LogP contribution in [-0.2, 0) is 6.18 Å². The van der Waals surface area contributed by atoms with Gasteiger partial charge in [-0.25, -0.2) is 4.39 Å². The van der Waals surface area contributed by atoms with Gasteiger partial charge in [0.1, 0.15) is 5.82 Å². The summed E-state index contributed by atoms with van der Waals surface area (Å²) >= 11 is 0. The van der Waals surface area contributed by atoms with Crippen LogP contribution in [0, 0.1) is 5.82 Å². The van der Waals surface area contributed by atoms with E-state index in [-0.39, 0.29) is 16.6 Å². The predicted molar refractivity (Wildman–Crippen MR) is 69.3 cm³/mol. The van der Waals surface area contributed by atoms with Crippen LogP contribution in [0.3, 0.4) is 0 Å². The van der Waals surface area contributed by atoms with Gasteiger partial charge in [-0.1, -0.05) is 6.07 Å². The Labute approximate surface area is 115 Å². The molecule has 3 nitrogen and oxygen atoms in total. The van der Waals surface area contributed by atoms with Gasteiger partial charge in [0.2, 0.25) is 0 Å². The molecule has 0 aliphatic carbocycles. The monoisotopic (exact) mass is 296 g/mol. The SMILES string of the molecule is NC(=O)c1c(F)ccc2c1[nH]c1cc(C(F)(F)F)ccc12. The molecular weight excluding hydrogens is 288 g/mol. The third kappa shape index (κ3) is 2.01. The minimum absolute atomic E-state index is 0.0943. The number of fused-ring (bicyclic) bond motifs is 3. The number of benzene rings is 2. The van der Waals surface area contributed by atoms with Gasteiger partial charge in [0.05, 0.1) is 16.6 Å². The van der Waals surface area contributed by atoms with Crippen LogP contribution in [0.5, 0.6) is 0 Å². The van der Waals surface area contributed by atoms with Crippen LogP contribution in [0.25, 0.3) is 21.8 Å². The lowest BCUT2D eigenvalue weighted by Crippen LogP contribution is -2.13. The molecule has 0 unspecified atom stereocenters. The fourth-order valence-corrected chi connectivity index (χ4v) is 2.37. The van der Waals surface area contributed by atoms with E-state index in [0.717, 1.165) is 18.2 Å². The third-order valence-electron chi connectivity index (χ3n) is 3.30. The number of alkyl halides is 3. The van der Waals surface area contributed by atoms with Gasteiger partial charge < -0.3 is 10.7 Å². The first-order chi connectivity index (χ1) is 9.79. The Balaban J connectivity index is 2.39. The zero-order valence-corrected chi connectivity index (χ0v) is 10.4. The Hall–Kier alpha value is -2.57. The number of hydrogen-bond acceptors (Lipinski definition) is 1. The average Bonchev–Trinajstić information content (AvgIpc) is 2.73. The summed E-state index contributed by atoms with van der Waals surface area (Å²) in [5, 5.41) is 0.898. The molecule has 0 saturated heterocycles. The van der Waals surface area contributed by atoms with E-state index in [0.29, 0.717) is 10.8 Å². The van der Waals surface area contributed by atoms with Crippen molar-refractivity contribution in [3.8, 4) is 0 Å². The van der Waals surface area contributed by atoms with Crippen LogP contribution in [0.2, 0.25) is 0 Å². The van der Waals surface area contributed by atoms with E-state index in [4.69, 9.17) is 5.73 Å². The molecule has 0 aliphatic rings. The molecule has 108 valence electrons. The van der Waals surface area contributed by atoms with E-state index in [9.17, 15) is 22.4 Å². The molecule has 1 heterocycles. The van der Waals surface area contributed by atoms with Crippen molar-refractivity contribution >= 4 is 27.7 Å². The van der Waals surface area contributed by atoms with Crippen LogP contribution < -0.4 is 5.73 Å². The maximum absolute atomic E-state index is 13.7. The second-order valence-corrected chi connectivity index (χ2v) is 4.59. The van der Waals surface area contributed by atoms with Gasteiger partial charge in [-0.2, -0.15) is 13.2 Å². The Morgan fingerprint density at radius 2 is 1.76 bits per heavy atom. The molecule has 7 heteroatoms. The zero-order valence-electron chi connectivity index (χ0n) is 10.4. The van der Waals surface area contributed by atoms with E-state index in [2.05, 4.69) is 4.98 Å². The normalized spacial score (nSPS) is 12.2. The van der Waals surface area contributed by atoms with Crippen molar-refractivity contribution in [1.29, 1.82) is 0 Å². The molecular formula is C14H8F4N2O. The molecule has 0 bridgehead atoms. The van der Waals surface area contributed by atoms with Crippen LogP contribution in [0.15, 0.2) is 30.3 Å². The summed E-state index contributed by atoms with van der Waals surface area (Å²) in [6.07, 6.45) is -4.48.